The molecule has 3 rings (SSSR count). The zero-order chi connectivity index (χ0) is 8.84. The highest BCUT2D eigenvalue weighted by atomic mass is 16.3. The van der Waals surface area contributed by atoms with Crippen molar-refractivity contribution in [3.63, 3.8) is 0 Å². The Hall–Kier alpha value is -1.35. The van der Waals surface area contributed by atoms with E-state index in [0.717, 1.165) is 24.2 Å². The summed E-state index contributed by atoms with van der Waals surface area (Å²) in [7, 11) is 0. The van der Waals surface area contributed by atoms with Gasteiger partial charge < -0.3 is 9.51 Å². The van der Waals surface area contributed by atoms with Gasteiger partial charge in [0.15, 0.2) is 0 Å². The second kappa shape index (κ2) is 2.33. The molecule has 1 aliphatic rings. The van der Waals surface area contributed by atoms with Gasteiger partial charge >= 0.3 is 0 Å². The van der Waals surface area contributed by atoms with Crippen LogP contribution in [0.3, 0.4) is 0 Å². The first-order valence-corrected chi connectivity index (χ1v) is 4.50. The number of fused-ring (bicyclic) bond motifs is 3. The van der Waals surface area contributed by atoms with E-state index in [4.69, 9.17) is 0 Å². The standard InChI is InChI=1S/C10H10N2O/c13-8-5-4-7-10(8)11-9-3-1-2-6-12(7)9/h1-3,6,8,13H,4-5H2. The number of rotatable bonds is 0. The Labute approximate surface area is 75.7 Å². The molecule has 3 heteroatoms. The van der Waals surface area contributed by atoms with Crippen LogP contribution in [0.1, 0.15) is 23.9 Å². The maximum Gasteiger partial charge on any atom is 0.137 e. The molecule has 0 aromatic carbocycles. The van der Waals surface area contributed by atoms with Crippen LogP contribution in [-0.4, -0.2) is 14.5 Å². The van der Waals surface area contributed by atoms with Crippen LogP contribution in [0.15, 0.2) is 24.4 Å². The van der Waals surface area contributed by atoms with Crippen molar-refractivity contribution < 1.29 is 5.11 Å². The Kier molecular flexibility index (Phi) is 1.27. The summed E-state index contributed by atoms with van der Waals surface area (Å²) < 4.78 is 2.06. The summed E-state index contributed by atoms with van der Waals surface area (Å²) in [5.74, 6) is 0. The lowest BCUT2D eigenvalue weighted by Gasteiger charge is -1.96. The van der Waals surface area contributed by atoms with Crippen LogP contribution < -0.4 is 0 Å². The number of hydrogen-bond acceptors (Lipinski definition) is 2. The fourth-order valence-corrected chi connectivity index (χ4v) is 1.99. The lowest BCUT2D eigenvalue weighted by atomic mass is 10.3. The molecule has 1 atom stereocenters. The maximum absolute atomic E-state index is 9.61. The van der Waals surface area contributed by atoms with Crippen molar-refractivity contribution in [2.45, 2.75) is 18.9 Å². The first kappa shape index (κ1) is 7.09. The average Bonchev–Trinajstić information content (AvgIpc) is 2.67. The second-order valence-corrected chi connectivity index (χ2v) is 3.43. The van der Waals surface area contributed by atoms with Gasteiger partial charge in [0.05, 0.1) is 11.8 Å². The molecular weight excluding hydrogens is 164 g/mol. The SMILES string of the molecule is OC1CCc2c1nc1ccccn21. The van der Waals surface area contributed by atoms with Crippen molar-refractivity contribution in [2.24, 2.45) is 0 Å². The van der Waals surface area contributed by atoms with E-state index in [0.29, 0.717) is 0 Å². The van der Waals surface area contributed by atoms with E-state index in [9.17, 15) is 5.11 Å². The number of hydrogen-bond donors (Lipinski definition) is 1. The Morgan fingerprint density at radius 2 is 2.38 bits per heavy atom. The van der Waals surface area contributed by atoms with Gasteiger partial charge in [-0.3, -0.25) is 0 Å². The summed E-state index contributed by atoms with van der Waals surface area (Å²) in [6.07, 6.45) is 3.39. The zero-order valence-electron chi connectivity index (χ0n) is 7.14. The third-order valence-corrected chi connectivity index (χ3v) is 2.63. The Balaban J connectivity index is 2.38. The molecule has 1 N–H and O–H groups in total. The third kappa shape index (κ3) is 0.848. The quantitative estimate of drug-likeness (QED) is 0.654. The lowest BCUT2D eigenvalue weighted by Crippen LogP contribution is -1.90. The first-order valence-electron chi connectivity index (χ1n) is 4.50. The molecule has 2 heterocycles. The fourth-order valence-electron chi connectivity index (χ4n) is 1.99. The van der Waals surface area contributed by atoms with Gasteiger partial charge in [-0.2, -0.15) is 0 Å². The van der Waals surface area contributed by atoms with Crippen LogP contribution in [0, 0.1) is 0 Å². The normalized spacial score (nSPS) is 20.8. The molecule has 66 valence electrons. The third-order valence-electron chi connectivity index (χ3n) is 2.63. The molecule has 0 bridgehead atoms. The van der Waals surface area contributed by atoms with Gasteiger partial charge in [0.25, 0.3) is 0 Å². The van der Waals surface area contributed by atoms with E-state index in [1.54, 1.807) is 0 Å². The molecule has 0 saturated carbocycles. The highest BCUT2D eigenvalue weighted by Crippen LogP contribution is 2.30. The van der Waals surface area contributed by atoms with Crippen molar-refractivity contribution >= 4 is 5.65 Å². The second-order valence-electron chi connectivity index (χ2n) is 3.43. The van der Waals surface area contributed by atoms with Crippen LogP contribution in [-0.2, 0) is 6.42 Å². The highest BCUT2D eigenvalue weighted by molar-refractivity contribution is 5.45. The molecule has 0 aliphatic heterocycles. The van der Waals surface area contributed by atoms with Gasteiger partial charge in [-0.25, -0.2) is 4.98 Å². The van der Waals surface area contributed by atoms with Crippen molar-refractivity contribution in [3.05, 3.63) is 35.8 Å². The van der Waals surface area contributed by atoms with Gasteiger partial charge in [0.1, 0.15) is 5.65 Å². The van der Waals surface area contributed by atoms with Gasteiger partial charge in [-0.05, 0) is 25.0 Å². The molecule has 0 saturated heterocycles. The molecule has 1 unspecified atom stereocenters. The number of pyridine rings is 1. The number of aromatic nitrogens is 2. The van der Waals surface area contributed by atoms with Gasteiger partial charge in [0.2, 0.25) is 0 Å². The van der Waals surface area contributed by atoms with Gasteiger partial charge in [-0.1, -0.05) is 6.07 Å². The van der Waals surface area contributed by atoms with Crippen molar-refractivity contribution in [3.8, 4) is 0 Å². The smallest absolute Gasteiger partial charge is 0.137 e. The predicted octanol–water partition coefficient (Wildman–Crippen LogP) is 1.31. The minimum Gasteiger partial charge on any atom is -0.387 e. The summed E-state index contributed by atoms with van der Waals surface area (Å²) in [6.45, 7) is 0. The number of imidazole rings is 1. The van der Waals surface area contributed by atoms with Gasteiger partial charge in [-0.15, -0.1) is 0 Å². The zero-order valence-corrected chi connectivity index (χ0v) is 7.14. The van der Waals surface area contributed by atoms with Crippen molar-refractivity contribution in [2.75, 3.05) is 0 Å². The number of aliphatic hydroxyl groups is 1. The van der Waals surface area contributed by atoms with Crippen molar-refractivity contribution in [1.82, 2.24) is 9.38 Å². The van der Waals surface area contributed by atoms with E-state index in [2.05, 4.69) is 9.38 Å². The number of aryl methyl sites for hydroxylation is 1. The summed E-state index contributed by atoms with van der Waals surface area (Å²) in [5, 5.41) is 9.61. The predicted molar refractivity (Wildman–Crippen MR) is 48.5 cm³/mol. The van der Waals surface area contributed by atoms with Crippen LogP contribution in [0.25, 0.3) is 5.65 Å². The monoisotopic (exact) mass is 174 g/mol. The summed E-state index contributed by atoms with van der Waals surface area (Å²) in [5.41, 5.74) is 2.97. The van der Waals surface area contributed by atoms with E-state index in [1.165, 1.54) is 5.69 Å². The largest absolute Gasteiger partial charge is 0.387 e. The summed E-state index contributed by atoms with van der Waals surface area (Å²) in [6, 6.07) is 5.91. The van der Waals surface area contributed by atoms with Gasteiger partial charge in [0, 0.05) is 11.9 Å². The van der Waals surface area contributed by atoms with Crippen LogP contribution in [0.4, 0.5) is 0 Å². The lowest BCUT2D eigenvalue weighted by molar-refractivity contribution is 0.176. The summed E-state index contributed by atoms with van der Waals surface area (Å²) in [4.78, 5) is 4.39. The molecule has 13 heavy (non-hydrogen) atoms. The maximum atomic E-state index is 9.61. The Morgan fingerprint density at radius 1 is 1.46 bits per heavy atom. The summed E-state index contributed by atoms with van der Waals surface area (Å²) >= 11 is 0. The Morgan fingerprint density at radius 3 is 3.31 bits per heavy atom. The van der Waals surface area contributed by atoms with E-state index < -0.39 is 0 Å². The molecule has 3 nitrogen and oxygen atoms in total. The molecule has 0 radical (unpaired) electrons. The molecule has 2 aromatic heterocycles. The number of aliphatic hydroxyl groups excluding tert-OH is 1. The van der Waals surface area contributed by atoms with Crippen LogP contribution in [0.5, 0.6) is 0 Å². The van der Waals surface area contributed by atoms with E-state index in [1.807, 2.05) is 24.4 Å². The van der Waals surface area contributed by atoms with E-state index >= 15 is 0 Å². The first-order chi connectivity index (χ1) is 6.36. The molecule has 2 aromatic rings. The topological polar surface area (TPSA) is 37.5 Å². The molecule has 0 spiro atoms. The van der Waals surface area contributed by atoms with Crippen LogP contribution in [0.2, 0.25) is 0 Å². The fraction of sp³-hybridized carbons (Fsp3) is 0.300. The molecular formula is C10H10N2O. The minimum absolute atomic E-state index is 0.352. The molecule has 1 aliphatic carbocycles. The minimum atomic E-state index is -0.352. The number of nitrogens with zero attached hydrogens (tertiary/aromatic N) is 2. The Bertz CT molecular complexity index is 461. The van der Waals surface area contributed by atoms with Crippen molar-refractivity contribution in [1.29, 1.82) is 0 Å². The molecule has 0 amide bonds. The van der Waals surface area contributed by atoms with Crippen LogP contribution >= 0.6 is 0 Å². The molecule has 0 fully saturated rings. The highest BCUT2D eigenvalue weighted by Gasteiger charge is 2.25. The average molecular weight is 174 g/mol. The van der Waals surface area contributed by atoms with E-state index in [-0.39, 0.29) is 6.10 Å².